The van der Waals surface area contributed by atoms with E-state index in [1.54, 1.807) is 0 Å². The number of hydrogen-bond donors (Lipinski definition) is 0. The molecular formula is C59H41N. The minimum absolute atomic E-state index is 0.560. The Morgan fingerprint density at radius 1 is 0.267 bits per heavy atom. The predicted octanol–water partition coefficient (Wildman–Crippen LogP) is 15.7. The summed E-state index contributed by atoms with van der Waals surface area (Å²) in [6, 6.07) is 91.1. The second-order valence-corrected chi connectivity index (χ2v) is 15.7. The second-order valence-electron chi connectivity index (χ2n) is 15.7. The zero-order valence-corrected chi connectivity index (χ0v) is 33.1. The summed E-state index contributed by atoms with van der Waals surface area (Å²) in [5, 5.41) is 2.51. The summed E-state index contributed by atoms with van der Waals surface area (Å²) in [4.78, 5) is 2.42. The van der Waals surface area contributed by atoms with Gasteiger partial charge >= 0.3 is 0 Å². The lowest BCUT2D eigenvalue weighted by atomic mass is 9.67. The van der Waals surface area contributed by atoms with Crippen molar-refractivity contribution in [2.24, 2.45) is 0 Å². The van der Waals surface area contributed by atoms with Gasteiger partial charge in [-0.2, -0.15) is 0 Å². The van der Waals surface area contributed by atoms with Crippen LogP contribution < -0.4 is 4.90 Å². The van der Waals surface area contributed by atoms with E-state index in [-0.39, 0.29) is 0 Å². The SMILES string of the molecule is c1ccc(-c2ccc(N(c3cccc(-c4ccccc4)c3)c3ccc4c(c3)C(c3ccccc3)(c3ccccc3)c3ccc(-c5cccc6ccccc56)cc3-4)cc2)cc1. The van der Waals surface area contributed by atoms with Crippen molar-refractivity contribution in [3.05, 3.63) is 271 Å². The van der Waals surface area contributed by atoms with E-state index in [0.29, 0.717) is 0 Å². The molecule has 0 aliphatic heterocycles. The Morgan fingerprint density at radius 2 is 0.783 bits per heavy atom. The standard InChI is InChI=1S/C59H41N/c1-5-17-42(18-6-1)44-31-34-50(35-32-44)60(51-28-15-23-46(39-51)43-19-7-2-8-20-43)52-36-37-55-56-40-47(54-30-16-22-45-21-13-14-29-53(45)54)33-38-57(56)59(58(55)41-52,48-24-9-3-10-25-48)49-26-11-4-12-27-49/h1-41H. The Kier molecular flexibility index (Phi) is 8.79. The van der Waals surface area contributed by atoms with E-state index in [1.807, 2.05) is 0 Å². The Labute approximate surface area is 352 Å². The fraction of sp³-hybridized carbons (Fsp3) is 0.0169. The highest BCUT2D eigenvalue weighted by atomic mass is 15.1. The lowest BCUT2D eigenvalue weighted by Crippen LogP contribution is -2.28. The number of hydrogen-bond acceptors (Lipinski definition) is 1. The quantitative estimate of drug-likeness (QED) is 0.149. The first-order chi connectivity index (χ1) is 29.8. The van der Waals surface area contributed by atoms with Crippen molar-refractivity contribution >= 4 is 27.8 Å². The van der Waals surface area contributed by atoms with Gasteiger partial charge in [0.25, 0.3) is 0 Å². The summed E-state index contributed by atoms with van der Waals surface area (Å²) in [5.74, 6) is 0. The first kappa shape index (κ1) is 35.4. The van der Waals surface area contributed by atoms with Gasteiger partial charge in [0.15, 0.2) is 0 Å². The van der Waals surface area contributed by atoms with E-state index < -0.39 is 5.41 Å². The van der Waals surface area contributed by atoms with Crippen molar-refractivity contribution in [3.63, 3.8) is 0 Å². The molecule has 282 valence electrons. The summed E-state index contributed by atoms with van der Waals surface area (Å²) in [5.41, 5.74) is 17.5. The molecule has 1 aliphatic carbocycles. The van der Waals surface area contributed by atoms with Crippen molar-refractivity contribution in [1.82, 2.24) is 0 Å². The monoisotopic (exact) mass is 763 g/mol. The van der Waals surface area contributed by atoms with Crippen molar-refractivity contribution < 1.29 is 0 Å². The molecule has 11 rings (SSSR count). The average molecular weight is 764 g/mol. The topological polar surface area (TPSA) is 3.24 Å². The van der Waals surface area contributed by atoms with E-state index >= 15 is 0 Å². The smallest absolute Gasteiger partial charge is 0.0714 e. The molecule has 10 aromatic carbocycles. The molecule has 0 atom stereocenters. The fourth-order valence-electron chi connectivity index (χ4n) is 9.60. The molecule has 0 N–H and O–H groups in total. The van der Waals surface area contributed by atoms with E-state index in [4.69, 9.17) is 0 Å². The van der Waals surface area contributed by atoms with Crippen LogP contribution in [0.15, 0.2) is 249 Å². The van der Waals surface area contributed by atoms with Gasteiger partial charge in [-0.3, -0.25) is 0 Å². The molecule has 0 saturated carbocycles. The minimum atomic E-state index is -0.560. The molecule has 0 fully saturated rings. The first-order valence-corrected chi connectivity index (χ1v) is 20.8. The number of rotatable bonds is 8. The van der Waals surface area contributed by atoms with Crippen LogP contribution in [0.4, 0.5) is 17.1 Å². The van der Waals surface area contributed by atoms with Crippen LogP contribution in [-0.4, -0.2) is 0 Å². The van der Waals surface area contributed by atoms with Crippen molar-refractivity contribution in [2.45, 2.75) is 5.41 Å². The second kappa shape index (κ2) is 14.9. The summed E-state index contributed by atoms with van der Waals surface area (Å²) < 4.78 is 0. The lowest BCUT2D eigenvalue weighted by molar-refractivity contribution is 0.768. The molecule has 0 saturated heterocycles. The number of nitrogens with zero attached hydrogens (tertiary/aromatic N) is 1. The van der Waals surface area contributed by atoms with Crippen LogP contribution >= 0.6 is 0 Å². The van der Waals surface area contributed by atoms with E-state index in [1.165, 1.54) is 77.5 Å². The normalized spacial score (nSPS) is 12.5. The van der Waals surface area contributed by atoms with E-state index in [9.17, 15) is 0 Å². The molecule has 0 spiro atoms. The highest BCUT2D eigenvalue weighted by Crippen LogP contribution is 2.58. The van der Waals surface area contributed by atoms with Gasteiger partial charge in [-0.15, -0.1) is 0 Å². The maximum atomic E-state index is 2.47. The highest BCUT2D eigenvalue weighted by Gasteiger charge is 2.46. The Hall–Kier alpha value is -7.74. The molecule has 1 heteroatoms. The highest BCUT2D eigenvalue weighted by molar-refractivity contribution is 5.99. The minimum Gasteiger partial charge on any atom is -0.310 e. The number of fused-ring (bicyclic) bond motifs is 4. The number of anilines is 3. The molecule has 0 bridgehead atoms. The van der Waals surface area contributed by atoms with Crippen molar-refractivity contribution in [3.8, 4) is 44.5 Å². The molecule has 10 aromatic rings. The summed E-state index contributed by atoms with van der Waals surface area (Å²) in [6.07, 6.45) is 0. The van der Waals surface area contributed by atoms with Crippen LogP contribution in [0.2, 0.25) is 0 Å². The van der Waals surface area contributed by atoms with Crippen LogP contribution in [-0.2, 0) is 5.41 Å². The Balaban J connectivity index is 1.16. The summed E-state index contributed by atoms with van der Waals surface area (Å²) in [6.45, 7) is 0. The van der Waals surface area contributed by atoms with Crippen LogP contribution in [0.3, 0.4) is 0 Å². The Morgan fingerprint density at radius 3 is 1.48 bits per heavy atom. The fourth-order valence-corrected chi connectivity index (χ4v) is 9.60. The third-order valence-corrected chi connectivity index (χ3v) is 12.3. The van der Waals surface area contributed by atoms with Gasteiger partial charge < -0.3 is 4.90 Å². The van der Waals surface area contributed by atoms with E-state index in [0.717, 1.165) is 17.1 Å². The third kappa shape index (κ3) is 5.94. The molecule has 1 nitrogen and oxygen atoms in total. The van der Waals surface area contributed by atoms with Gasteiger partial charge in [-0.1, -0.05) is 206 Å². The molecule has 0 amide bonds. The molecular weight excluding hydrogens is 723 g/mol. The third-order valence-electron chi connectivity index (χ3n) is 12.3. The molecule has 0 aromatic heterocycles. The molecule has 0 radical (unpaired) electrons. The zero-order valence-electron chi connectivity index (χ0n) is 33.1. The van der Waals surface area contributed by atoms with E-state index in [2.05, 4.69) is 254 Å². The van der Waals surface area contributed by atoms with Gasteiger partial charge in [0.05, 0.1) is 5.41 Å². The molecule has 0 heterocycles. The molecule has 60 heavy (non-hydrogen) atoms. The summed E-state index contributed by atoms with van der Waals surface area (Å²) >= 11 is 0. The van der Waals surface area contributed by atoms with Crippen LogP contribution in [0.25, 0.3) is 55.3 Å². The molecule has 0 unspecified atom stereocenters. The van der Waals surface area contributed by atoms with Crippen molar-refractivity contribution in [2.75, 3.05) is 4.90 Å². The average Bonchev–Trinajstić information content (AvgIpc) is 3.62. The van der Waals surface area contributed by atoms with Gasteiger partial charge in [-0.25, -0.2) is 0 Å². The van der Waals surface area contributed by atoms with Gasteiger partial charge in [0, 0.05) is 17.1 Å². The lowest BCUT2D eigenvalue weighted by Gasteiger charge is -2.35. The largest absolute Gasteiger partial charge is 0.310 e. The zero-order chi connectivity index (χ0) is 39.9. The maximum Gasteiger partial charge on any atom is 0.0714 e. The first-order valence-electron chi connectivity index (χ1n) is 20.8. The predicted molar refractivity (Wildman–Crippen MR) is 252 cm³/mol. The van der Waals surface area contributed by atoms with Gasteiger partial charge in [0.2, 0.25) is 0 Å². The van der Waals surface area contributed by atoms with Crippen LogP contribution in [0, 0.1) is 0 Å². The summed E-state index contributed by atoms with van der Waals surface area (Å²) in [7, 11) is 0. The maximum absolute atomic E-state index is 2.47. The molecule has 1 aliphatic rings. The Bertz CT molecular complexity index is 3070. The van der Waals surface area contributed by atoms with Crippen molar-refractivity contribution in [1.29, 1.82) is 0 Å². The van der Waals surface area contributed by atoms with Crippen LogP contribution in [0.5, 0.6) is 0 Å². The number of benzene rings is 10. The van der Waals surface area contributed by atoms with Gasteiger partial charge in [0.1, 0.15) is 0 Å². The van der Waals surface area contributed by atoms with Crippen LogP contribution in [0.1, 0.15) is 22.3 Å². The van der Waals surface area contributed by atoms with Gasteiger partial charge in [-0.05, 0) is 120 Å².